The van der Waals surface area contributed by atoms with Crippen LogP contribution in [0.2, 0.25) is 0 Å². The molecule has 0 saturated carbocycles. The third kappa shape index (κ3) is 1.75. The minimum Gasteiger partial charge on any atom is -0.478 e. The third-order valence-electron chi connectivity index (χ3n) is 3.31. The number of aromatic amines is 1. The lowest BCUT2D eigenvalue weighted by Crippen LogP contribution is -1.94. The van der Waals surface area contributed by atoms with E-state index in [0.717, 1.165) is 11.1 Å². The van der Waals surface area contributed by atoms with E-state index >= 15 is 0 Å². The summed E-state index contributed by atoms with van der Waals surface area (Å²) in [7, 11) is 0. The highest BCUT2D eigenvalue weighted by atomic mass is 16.4. The summed E-state index contributed by atoms with van der Waals surface area (Å²) in [6.07, 6.45) is 6.82. The number of fused-ring (bicyclic) bond motifs is 2. The fourth-order valence-corrected chi connectivity index (χ4v) is 2.29. The number of nitrogens with one attached hydrogen (secondary N) is 1. The molecule has 2 N–H and O–H groups in total. The lowest BCUT2D eigenvalue weighted by Gasteiger charge is -1.93. The van der Waals surface area contributed by atoms with Crippen LogP contribution in [0.25, 0.3) is 27.9 Å². The average molecular weight is 279 g/mol. The maximum atomic E-state index is 11.0. The molecule has 4 aromatic rings. The zero-order valence-electron chi connectivity index (χ0n) is 10.7. The minimum absolute atomic E-state index is 0.222. The Morgan fingerprint density at radius 3 is 3.05 bits per heavy atom. The average Bonchev–Trinajstić information content (AvgIpc) is 3.09. The highest BCUT2D eigenvalue weighted by molar-refractivity contribution is 5.93. The smallest absolute Gasteiger partial charge is 0.335 e. The molecular weight excluding hydrogens is 270 g/mol. The molecule has 0 aliphatic carbocycles. The number of H-pyrrole nitrogens is 1. The van der Waals surface area contributed by atoms with E-state index in [0.29, 0.717) is 16.9 Å². The van der Waals surface area contributed by atoms with Gasteiger partial charge in [0, 0.05) is 12.4 Å². The summed E-state index contributed by atoms with van der Waals surface area (Å²) in [5, 5.41) is 13.3. The zero-order valence-corrected chi connectivity index (χ0v) is 10.7. The molecule has 21 heavy (non-hydrogen) atoms. The number of aromatic nitrogens is 5. The number of aromatic carboxylic acids is 1. The number of benzene rings is 1. The van der Waals surface area contributed by atoms with Crippen LogP contribution in [0, 0.1) is 0 Å². The number of rotatable bonds is 2. The van der Waals surface area contributed by atoms with Crippen LogP contribution >= 0.6 is 0 Å². The standard InChI is InChI=1S/C14H9N5O2/c20-14(21)8-1-2-10-11(5-8)18-13(17-10)9-6-16-19-4-3-15-7-12(9)19/h1-7H,(H,17,18)(H,20,21). The van der Waals surface area contributed by atoms with E-state index in [9.17, 15) is 4.79 Å². The number of carboxylic acid groups (broad SMARTS) is 1. The summed E-state index contributed by atoms with van der Waals surface area (Å²) in [5.41, 5.74) is 3.25. The van der Waals surface area contributed by atoms with Crippen LogP contribution in [-0.4, -0.2) is 35.6 Å². The van der Waals surface area contributed by atoms with Crippen LogP contribution in [0.4, 0.5) is 0 Å². The normalized spacial score (nSPS) is 11.2. The SMILES string of the molecule is O=C(O)c1ccc2nc(-c3cnn4ccncc34)[nH]c2c1. The first-order valence-corrected chi connectivity index (χ1v) is 6.23. The van der Waals surface area contributed by atoms with E-state index in [1.165, 1.54) is 6.07 Å². The molecule has 0 bridgehead atoms. The maximum Gasteiger partial charge on any atom is 0.335 e. The van der Waals surface area contributed by atoms with Gasteiger partial charge in [-0.05, 0) is 18.2 Å². The summed E-state index contributed by atoms with van der Waals surface area (Å²) in [5.74, 6) is -0.330. The number of hydrogen-bond acceptors (Lipinski definition) is 4. The molecule has 4 rings (SSSR count). The fraction of sp³-hybridized carbons (Fsp3) is 0. The second-order valence-corrected chi connectivity index (χ2v) is 4.59. The molecule has 0 radical (unpaired) electrons. The summed E-state index contributed by atoms with van der Waals surface area (Å²) < 4.78 is 1.71. The van der Waals surface area contributed by atoms with Crippen molar-refractivity contribution in [2.45, 2.75) is 0 Å². The monoisotopic (exact) mass is 279 g/mol. The van der Waals surface area contributed by atoms with Crippen molar-refractivity contribution in [2.24, 2.45) is 0 Å². The Morgan fingerprint density at radius 2 is 2.19 bits per heavy atom. The van der Waals surface area contributed by atoms with E-state index in [1.807, 2.05) is 0 Å². The molecule has 3 aromatic heterocycles. The highest BCUT2D eigenvalue weighted by Crippen LogP contribution is 2.24. The molecule has 102 valence electrons. The molecule has 3 heterocycles. The third-order valence-corrected chi connectivity index (χ3v) is 3.31. The molecule has 0 spiro atoms. The van der Waals surface area contributed by atoms with Crippen LogP contribution in [0.15, 0.2) is 43.0 Å². The second kappa shape index (κ2) is 4.14. The molecule has 1 aromatic carbocycles. The Morgan fingerprint density at radius 1 is 1.29 bits per heavy atom. The quantitative estimate of drug-likeness (QED) is 0.584. The molecule has 0 aliphatic heterocycles. The lowest BCUT2D eigenvalue weighted by atomic mass is 10.2. The van der Waals surface area contributed by atoms with E-state index in [4.69, 9.17) is 5.11 Å². The molecule has 7 nitrogen and oxygen atoms in total. The molecule has 0 saturated heterocycles. The predicted molar refractivity (Wildman–Crippen MR) is 75.0 cm³/mol. The van der Waals surface area contributed by atoms with Crippen molar-refractivity contribution >= 4 is 22.5 Å². The number of carboxylic acids is 1. The molecule has 7 heteroatoms. The van der Waals surface area contributed by atoms with Gasteiger partial charge in [0.1, 0.15) is 5.82 Å². The van der Waals surface area contributed by atoms with Gasteiger partial charge in [-0.25, -0.2) is 14.3 Å². The Kier molecular flexibility index (Phi) is 2.28. The van der Waals surface area contributed by atoms with Crippen LogP contribution in [0.5, 0.6) is 0 Å². The molecule has 0 atom stereocenters. The van der Waals surface area contributed by atoms with Crippen molar-refractivity contribution in [3.8, 4) is 11.4 Å². The first kappa shape index (κ1) is 11.6. The van der Waals surface area contributed by atoms with Gasteiger partial charge in [-0.15, -0.1) is 0 Å². The van der Waals surface area contributed by atoms with Crippen molar-refractivity contribution in [1.29, 1.82) is 0 Å². The van der Waals surface area contributed by atoms with Crippen LogP contribution in [0.1, 0.15) is 10.4 Å². The van der Waals surface area contributed by atoms with Crippen LogP contribution in [-0.2, 0) is 0 Å². The van der Waals surface area contributed by atoms with Gasteiger partial charge in [0.2, 0.25) is 0 Å². The van der Waals surface area contributed by atoms with Gasteiger partial charge in [-0.3, -0.25) is 4.98 Å². The Bertz CT molecular complexity index is 985. The highest BCUT2D eigenvalue weighted by Gasteiger charge is 2.12. The molecule has 0 fully saturated rings. The molecule has 0 amide bonds. The molecule has 0 unspecified atom stereocenters. The van der Waals surface area contributed by atoms with Gasteiger partial charge in [0.15, 0.2) is 0 Å². The van der Waals surface area contributed by atoms with Crippen molar-refractivity contribution in [1.82, 2.24) is 24.6 Å². The molecular formula is C14H9N5O2. The van der Waals surface area contributed by atoms with E-state index in [2.05, 4.69) is 20.1 Å². The lowest BCUT2D eigenvalue weighted by molar-refractivity contribution is 0.0697. The van der Waals surface area contributed by atoms with E-state index < -0.39 is 5.97 Å². The number of hydrogen-bond donors (Lipinski definition) is 2. The van der Waals surface area contributed by atoms with Crippen molar-refractivity contribution in [2.75, 3.05) is 0 Å². The van der Waals surface area contributed by atoms with Gasteiger partial charge in [-0.2, -0.15) is 5.10 Å². The van der Waals surface area contributed by atoms with Crippen molar-refractivity contribution in [3.63, 3.8) is 0 Å². The Balaban J connectivity index is 1.92. The Labute approximate surface area is 117 Å². The summed E-state index contributed by atoms with van der Waals surface area (Å²) in [6, 6.07) is 4.79. The van der Waals surface area contributed by atoms with Crippen LogP contribution in [0.3, 0.4) is 0 Å². The fourth-order valence-electron chi connectivity index (χ4n) is 2.29. The largest absolute Gasteiger partial charge is 0.478 e. The van der Waals surface area contributed by atoms with Gasteiger partial charge in [-0.1, -0.05) is 0 Å². The minimum atomic E-state index is -0.965. The van der Waals surface area contributed by atoms with Crippen molar-refractivity contribution < 1.29 is 9.90 Å². The summed E-state index contributed by atoms with van der Waals surface area (Å²) >= 11 is 0. The summed E-state index contributed by atoms with van der Waals surface area (Å²) in [6.45, 7) is 0. The zero-order chi connectivity index (χ0) is 14.4. The summed E-state index contributed by atoms with van der Waals surface area (Å²) in [4.78, 5) is 22.7. The number of nitrogens with zero attached hydrogens (tertiary/aromatic N) is 4. The number of carbonyl (C=O) groups is 1. The number of imidazole rings is 1. The topological polar surface area (TPSA) is 96.2 Å². The molecule has 0 aliphatic rings. The second-order valence-electron chi connectivity index (χ2n) is 4.59. The van der Waals surface area contributed by atoms with E-state index in [-0.39, 0.29) is 5.56 Å². The van der Waals surface area contributed by atoms with Gasteiger partial charge in [0.25, 0.3) is 0 Å². The van der Waals surface area contributed by atoms with E-state index in [1.54, 1.807) is 41.4 Å². The predicted octanol–water partition coefficient (Wildman–Crippen LogP) is 1.97. The first-order valence-electron chi connectivity index (χ1n) is 6.23. The van der Waals surface area contributed by atoms with Gasteiger partial charge >= 0.3 is 5.97 Å². The van der Waals surface area contributed by atoms with Crippen molar-refractivity contribution in [3.05, 3.63) is 48.5 Å². The Hall–Kier alpha value is -3.22. The van der Waals surface area contributed by atoms with Gasteiger partial charge in [0.05, 0.1) is 40.1 Å². The van der Waals surface area contributed by atoms with Gasteiger partial charge < -0.3 is 10.1 Å². The van der Waals surface area contributed by atoms with Crippen LogP contribution < -0.4 is 0 Å². The maximum absolute atomic E-state index is 11.0. The first-order chi connectivity index (χ1) is 10.2.